The van der Waals surface area contributed by atoms with Crippen molar-refractivity contribution in [1.82, 2.24) is 0 Å². The van der Waals surface area contributed by atoms with Crippen LogP contribution >= 0.6 is 0 Å². The molecule has 1 aromatic carbocycles. The van der Waals surface area contributed by atoms with Crippen molar-refractivity contribution in [3.8, 4) is 5.75 Å². The van der Waals surface area contributed by atoms with Gasteiger partial charge in [0.15, 0.2) is 0 Å². The lowest BCUT2D eigenvalue weighted by Gasteiger charge is -2.18. The summed E-state index contributed by atoms with van der Waals surface area (Å²) in [5.41, 5.74) is 0.928. The number of hydrogen-bond donors (Lipinski definition) is 1. The molecule has 0 amide bonds. The van der Waals surface area contributed by atoms with Crippen LogP contribution in [0.15, 0.2) is 24.3 Å². The third-order valence-corrected chi connectivity index (χ3v) is 3.26. The first-order chi connectivity index (χ1) is 7.81. The first-order valence-corrected chi connectivity index (χ1v) is 6.25. The van der Waals surface area contributed by atoms with Gasteiger partial charge in [-0.25, -0.2) is 0 Å². The van der Waals surface area contributed by atoms with Crippen LogP contribution in [-0.2, 0) is 0 Å². The van der Waals surface area contributed by atoms with Gasteiger partial charge >= 0.3 is 0 Å². The predicted octanol–water partition coefficient (Wildman–Crippen LogP) is 3.45. The fourth-order valence-corrected chi connectivity index (χ4v) is 2.27. The Balaban J connectivity index is 2.12. The average molecular weight is 220 g/mol. The summed E-state index contributed by atoms with van der Waals surface area (Å²) < 4.78 is 5.97. The summed E-state index contributed by atoms with van der Waals surface area (Å²) in [5, 5.41) is 9.90. The Hall–Kier alpha value is -1.02. The highest BCUT2D eigenvalue weighted by molar-refractivity contribution is 5.35. The molecule has 0 radical (unpaired) electrons. The maximum atomic E-state index is 9.90. The summed E-state index contributed by atoms with van der Waals surface area (Å²) in [6.45, 7) is 1.98. The van der Waals surface area contributed by atoms with E-state index in [1.54, 1.807) is 0 Å². The highest BCUT2D eigenvalue weighted by Gasteiger charge is 2.19. The molecule has 1 atom stereocenters. The number of para-hydroxylation sites is 1. The fourth-order valence-electron chi connectivity index (χ4n) is 2.27. The molecule has 1 N–H and O–H groups in total. The van der Waals surface area contributed by atoms with Gasteiger partial charge in [0.2, 0.25) is 0 Å². The quantitative estimate of drug-likeness (QED) is 0.842. The summed E-state index contributed by atoms with van der Waals surface area (Å²) >= 11 is 0. The Morgan fingerprint density at radius 2 is 2.00 bits per heavy atom. The highest BCUT2D eigenvalue weighted by atomic mass is 16.5. The standard InChI is InChI=1S/C14H20O2/c1-2-13(15)12-9-5-6-10-14(12)16-11-7-3-4-8-11/h5-6,9-11,13,15H,2-4,7-8H2,1H3/t13-/m0/s1. The van der Waals surface area contributed by atoms with E-state index in [0.717, 1.165) is 30.6 Å². The zero-order chi connectivity index (χ0) is 11.4. The van der Waals surface area contributed by atoms with E-state index in [2.05, 4.69) is 0 Å². The monoisotopic (exact) mass is 220 g/mol. The van der Waals surface area contributed by atoms with E-state index in [9.17, 15) is 5.11 Å². The summed E-state index contributed by atoms with van der Waals surface area (Å²) in [6.07, 6.45) is 5.51. The van der Waals surface area contributed by atoms with E-state index >= 15 is 0 Å². The third kappa shape index (κ3) is 2.56. The molecule has 16 heavy (non-hydrogen) atoms. The predicted molar refractivity (Wildman–Crippen MR) is 64.6 cm³/mol. The van der Waals surface area contributed by atoms with Crippen molar-refractivity contribution in [2.75, 3.05) is 0 Å². The van der Waals surface area contributed by atoms with Gasteiger partial charge in [-0.05, 0) is 38.2 Å². The molecule has 2 nitrogen and oxygen atoms in total. The van der Waals surface area contributed by atoms with Crippen molar-refractivity contribution in [1.29, 1.82) is 0 Å². The second-order valence-corrected chi connectivity index (χ2v) is 4.49. The van der Waals surface area contributed by atoms with Gasteiger partial charge in [-0.2, -0.15) is 0 Å². The number of aliphatic hydroxyl groups excluding tert-OH is 1. The molecular formula is C14H20O2. The Bertz CT molecular complexity index is 329. The van der Waals surface area contributed by atoms with Crippen LogP contribution in [0.5, 0.6) is 5.75 Å². The maximum Gasteiger partial charge on any atom is 0.125 e. The van der Waals surface area contributed by atoms with Gasteiger partial charge in [0.25, 0.3) is 0 Å². The molecule has 0 bridgehead atoms. The van der Waals surface area contributed by atoms with E-state index in [1.807, 2.05) is 31.2 Å². The zero-order valence-electron chi connectivity index (χ0n) is 9.86. The molecule has 1 fully saturated rings. The molecular weight excluding hydrogens is 200 g/mol. The molecule has 0 aromatic heterocycles. The van der Waals surface area contributed by atoms with Crippen LogP contribution in [0.2, 0.25) is 0 Å². The van der Waals surface area contributed by atoms with Gasteiger partial charge in [-0.1, -0.05) is 25.1 Å². The fraction of sp³-hybridized carbons (Fsp3) is 0.571. The minimum absolute atomic E-state index is 0.352. The molecule has 1 aromatic rings. The largest absolute Gasteiger partial charge is 0.490 e. The zero-order valence-corrected chi connectivity index (χ0v) is 9.86. The lowest BCUT2D eigenvalue weighted by molar-refractivity contribution is 0.157. The Morgan fingerprint density at radius 3 is 2.69 bits per heavy atom. The van der Waals surface area contributed by atoms with Crippen molar-refractivity contribution in [2.45, 2.75) is 51.2 Å². The van der Waals surface area contributed by atoms with Crippen molar-refractivity contribution < 1.29 is 9.84 Å². The van der Waals surface area contributed by atoms with E-state index in [0.29, 0.717) is 6.10 Å². The number of ether oxygens (including phenoxy) is 1. The second-order valence-electron chi connectivity index (χ2n) is 4.49. The number of rotatable bonds is 4. The molecule has 1 aliphatic carbocycles. The number of benzene rings is 1. The second kappa shape index (κ2) is 5.35. The first-order valence-electron chi connectivity index (χ1n) is 6.25. The molecule has 88 valence electrons. The minimum atomic E-state index is -0.405. The SMILES string of the molecule is CC[C@H](O)c1ccccc1OC1CCCC1. The van der Waals surface area contributed by atoms with Crippen LogP contribution in [0.1, 0.15) is 50.7 Å². The molecule has 1 saturated carbocycles. The van der Waals surface area contributed by atoms with Crippen molar-refractivity contribution in [3.63, 3.8) is 0 Å². The van der Waals surface area contributed by atoms with Crippen LogP contribution in [0.25, 0.3) is 0 Å². The van der Waals surface area contributed by atoms with Crippen LogP contribution in [0, 0.1) is 0 Å². The normalized spacial score (nSPS) is 18.6. The van der Waals surface area contributed by atoms with Gasteiger partial charge in [0, 0.05) is 5.56 Å². The summed E-state index contributed by atoms with van der Waals surface area (Å²) in [5.74, 6) is 0.865. The van der Waals surface area contributed by atoms with Gasteiger partial charge in [0.1, 0.15) is 5.75 Å². The van der Waals surface area contributed by atoms with E-state index < -0.39 is 6.10 Å². The summed E-state index contributed by atoms with van der Waals surface area (Å²) in [7, 11) is 0. The summed E-state index contributed by atoms with van der Waals surface area (Å²) in [4.78, 5) is 0. The van der Waals surface area contributed by atoms with E-state index in [-0.39, 0.29) is 0 Å². The number of aliphatic hydroxyl groups is 1. The van der Waals surface area contributed by atoms with Crippen LogP contribution in [0.4, 0.5) is 0 Å². The maximum absolute atomic E-state index is 9.90. The lowest BCUT2D eigenvalue weighted by Crippen LogP contribution is -2.13. The molecule has 0 saturated heterocycles. The average Bonchev–Trinajstić information content (AvgIpc) is 2.82. The molecule has 2 rings (SSSR count). The Morgan fingerprint density at radius 1 is 1.31 bits per heavy atom. The van der Waals surface area contributed by atoms with E-state index in [4.69, 9.17) is 4.74 Å². The molecule has 0 aliphatic heterocycles. The van der Waals surface area contributed by atoms with Crippen molar-refractivity contribution in [2.24, 2.45) is 0 Å². The molecule has 2 heteroatoms. The van der Waals surface area contributed by atoms with Gasteiger partial charge < -0.3 is 9.84 Å². The first kappa shape index (κ1) is 11.5. The van der Waals surface area contributed by atoms with Crippen molar-refractivity contribution in [3.05, 3.63) is 29.8 Å². The minimum Gasteiger partial charge on any atom is -0.490 e. The lowest BCUT2D eigenvalue weighted by atomic mass is 10.1. The molecule has 0 heterocycles. The van der Waals surface area contributed by atoms with E-state index in [1.165, 1.54) is 12.8 Å². The van der Waals surface area contributed by atoms with Crippen LogP contribution in [0.3, 0.4) is 0 Å². The topological polar surface area (TPSA) is 29.5 Å². The van der Waals surface area contributed by atoms with Crippen LogP contribution in [-0.4, -0.2) is 11.2 Å². The third-order valence-electron chi connectivity index (χ3n) is 3.26. The molecule has 1 aliphatic rings. The van der Waals surface area contributed by atoms with Crippen molar-refractivity contribution >= 4 is 0 Å². The highest BCUT2D eigenvalue weighted by Crippen LogP contribution is 2.30. The number of hydrogen-bond acceptors (Lipinski definition) is 2. The van der Waals surface area contributed by atoms with Crippen LogP contribution < -0.4 is 4.74 Å². The molecule has 0 unspecified atom stereocenters. The summed E-state index contributed by atoms with van der Waals surface area (Å²) in [6, 6.07) is 7.84. The van der Waals surface area contributed by atoms with Gasteiger partial charge in [-0.15, -0.1) is 0 Å². The Labute approximate surface area is 97.3 Å². The smallest absolute Gasteiger partial charge is 0.125 e. The Kier molecular flexibility index (Phi) is 3.83. The van der Waals surface area contributed by atoms with Gasteiger partial charge in [0.05, 0.1) is 12.2 Å². The van der Waals surface area contributed by atoms with Gasteiger partial charge in [-0.3, -0.25) is 0 Å². The molecule has 0 spiro atoms.